The summed E-state index contributed by atoms with van der Waals surface area (Å²) in [6.07, 6.45) is 3.78. The second-order valence-corrected chi connectivity index (χ2v) is 5.92. The van der Waals surface area contributed by atoms with E-state index in [0.29, 0.717) is 29.3 Å². The number of rotatable bonds is 3. The summed E-state index contributed by atoms with van der Waals surface area (Å²) in [5.74, 6) is 0.0215. The SMILES string of the molecule is CC1CCCC1n1c(CCCl)nc2ccc(F)c(F)c21. The van der Waals surface area contributed by atoms with Crippen molar-refractivity contribution >= 4 is 22.6 Å². The van der Waals surface area contributed by atoms with Crippen molar-refractivity contribution in [1.82, 2.24) is 9.55 Å². The zero-order valence-corrected chi connectivity index (χ0v) is 12.1. The Kier molecular flexibility index (Phi) is 3.67. The lowest BCUT2D eigenvalue weighted by Gasteiger charge is -2.21. The van der Waals surface area contributed by atoms with Gasteiger partial charge in [0.05, 0.1) is 5.52 Å². The van der Waals surface area contributed by atoms with Gasteiger partial charge in [-0.2, -0.15) is 0 Å². The lowest BCUT2D eigenvalue weighted by Crippen LogP contribution is -2.16. The molecule has 0 saturated heterocycles. The minimum Gasteiger partial charge on any atom is -0.322 e. The van der Waals surface area contributed by atoms with Crippen LogP contribution in [0.2, 0.25) is 0 Å². The van der Waals surface area contributed by atoms with E-state index < -0.39 is 11.6 Å². The topological polar surface area (TPSA) is 17.8 Å². The van der Waals surface area contributed by atoms with Crippen molar-refractivity contribution in [2.24, 2.45) is 5.92 Å². The summed E-state index contributed by atoms with van der Waals surface area (Å²) in [6, 6.07) is 2.87. The van der Waals surface area contributed by atoms with Crippen LogP contribution in [0.3, 0.4) is 0 Å². The first kappa shape index (κ1) is 13.8. The van der Waals surface area contributed by atoms with Crippen molar-refractivity contribution in [3.63, 3.8) is 0 Å². The molecule has 0 amide bonds. The van der Waals surface area contributed by atoms with Crippen LogP contribution in [0.1, 0.15) is 38.1 Å². The Morgan fingerprint density at radius 1 is 1.35 bits per heavy atom. The van der Waals surface area contributed by atoms with Crippen LogP contribution in [-0.2, 0) is 6.42 Å². The lowest BCUT2D eigenvalue weighted by atomic mass is 10.1. The van der Waals surface area contributed by atoms with Crippen LogP contribution in [0.4, 0.5) is 8.78 Å². The molecule has 0 aliphatic heterocycles. The van der Waals surface area contributed by atoms with Gasteiger partial charge in [0.2, 0.25) is 0 Å². The first-order valence-corrected chi connectivity index (χ1v) is 7.57. The molecule has 20 heavy (non-hydrogen) atoms. The Bertz CT molecular complexity index is 638. The zero-order chi connectivity index (χ0) is 14.3. The van der Waals surface area contributed by atoms with Gasteiger partial charge in [-0.1, -0.05) is 13.3 Å². The average molecular weight is 299 g/mol. The molecule has 1 fully saturated rings. The maximum atomic E-state index is 14.2. The number of halogens is 3. The molecule has 3 rings (SSSR count). The molecule has 108 valence electrons. The number of nitrogens with zero attached hydrogens (tertiary/aromatic N) is 2. The van der Waals surface area contributed by atoms with Crippen LogP contribution in [0.25, 0.3) is 11.0 Å². The number of aryl methyl sites for hydroxylation is 1. The zero-order valence-electron chi connectivity index (χ0n) is 11.4. The molecule has 2 aromatic rings. The third-order valence-electron chi connectivity index (χ3n) is 4.28. The van der Waals surface area contributed by atoms with Gasteiger partial charge in [-0.3, -0.25) is 0 Å². The van der Waals surface area contributed by atoms with E-state index in [-0.39, 0.29) is 6.04 Å². The number of aromatic nitrogens is 2. The summed E-state index contributed by atoms with van der Waals surface area (Å²) >= 11 is 5.83. The van der Waals surface area contributed by atoms with Gasteiger partial charge >= 0.3 is 0 Å². The number of fused-ring (bicyclic) bond motifs is 1. The summed E-state index contributed by atoms with van der Waals surface area (Å²) in [4.78, 5) is 4.46. The number of benzene rings is 1. The molecule has 2 unspecified atom stereocenters. The van der Waals surface area contributed by atoms with Crippen LogP contribution >= 0.6 is 11.6 Å². The minimum absolute atomic E-state index is 0.189. The summed E-state index contributed by atoms with van der Waals surface area (Å²) in [5, 5.41) is 0. The monoisotopic (exact) mass is 298 g/mol. The van der Waals surface area contributed by atoms with E-state index in [0.717, 1.165) is 31.2 Å². The summed E-state index contributed by atoms with van der Waals surface area (Å²) < 4.78 is 29.7. The number of imidazole rings is 1. The van der Waals surface area contributed by atoms with Gasteiger partial charge in [0.1, 0.15) is 11.3 Å². The van der Waals surface area contributed by atoms with E-state index in [2.05, 4.69) is 11.9 Å². The molecular formula is C15H17ClF2N2. The highest BCUT2D eigenvalue weighted by Gasteiger charge is 2.30. The van der Waals surface area contributed by atoms with Crippen molar-refractivity contribution in [2.45, 2.75) is 38.6 Å². The number of alkyl halides is 1. The predicted octanol–water partition coefficient (Wildman–Crippen LogP) is 4.46. The Morgan fingerprint density at radius 2 is 2.15 bits per heavy atom. The Balaban J connectivity index is 2.24. The van der Waals surface area contributed by atoms with E-state index in [1.54, 1.807) is 6.07 Å². The van der Waals surface area contributed by atoms with Crippen molar-refractivity contribution in [3.8, 4) is 0 Å². The van der Waals surface area contributed by atoms with Crippen LogP contribution in [0.15, 0.2) is 12.1 Å². The van der Waals surface area contributed by atoms with Crippen LogP contribution in [0.5, 0.6) is 0 Å². The Hall–Kier alpha value is -1.16. The normalized spacial score (nSPS) is 22.8. The highest BCUT2D eigenvalue weighted by Crippen LogP contribution is 2.39. The largest absolute Gasteiger partial charge is 0.322 e. The van der Waals surface area contributed by atoms with Gasteiger partial charge in [0.15, 0.2) is 11.6 Å². The molecule has 1 aromatic carbocycles. The van der Waals surface area contributed by atoms with E-state index in [9.17, 15) is 8.78 Å². The van der Waals surface area contributed by atoms with Gasteiger partial charge < -0.3 is 4.57 Å². The molecule has 5 heteroatoms. The van der Waals surface area contributed by atoms with Crippen molar-refractivity contribution in [1.29, 1.82) is 0 Å². The van der Waals surface area contributed by atoms with E-state index in [4.69, 9.17) is 11.6 Å². The molecule has 1 saturated carbocycles. The van der Waals surface area contributed by atoms with Crippen molar-refractivity contribution in [2.75, 3.05) is 5.88 Å². The first-order chi connectivity index (χ1) is 9.63. The molecule has 1 heterocycles. The highest BCUT2D eigenvalue weighted by atomic mass is 35.5. The third-order valence-corrected chi connectivity index (χ3v) is 4.47. The molecule has 1 aliphatic carbocycles. The molecule has 2 atom stereocenters. The second kappa shape index (κ2) is 5.32. The predicted molar refractivity (Wildman–Crippen MR) is 76.1 cm³/mol. The van der Waals surface area contributed by atoms with Crippen LogP contribution in [-0.4, -0.2) is 15.4 Å². The third kappa shape index (κ3) is 2.10. The second-order valence-electron chi connectivity index (χ2n) is 5.54. The standard InChI is InChI=1S/C15H17ClF2N2/c1-9-3-2-4-12(9)20-13(7-8-16)19-11-6-5-10(17)14(18)15(11)20/h5-6,9,12H,2-4,7-8H2,1H3. The molecule has 0 bridgehead atoms. The van der Waals surface area contributed by atoms with Crippen LogP contribution in [0, 0.1) is 17.6 Å². The molecule has 0 spiro atoms. The molecule has 0 N–H and O–H groups in total. The van der Waals surface area contributed by atoms with Crippen molar-refractivity contribution < 1.29 is 8.78 Å². The van der Waals surface area contributed by atoms with Gasteiger partial charge in [-0.15, -0.1) is 11.6 Å². The maximum Gasteiger partial charge on any atom is 0.184 e. The fraction of sp³-hybridized carbons (Fsp3) is 0.533. The van der Waals surface area contributed by atoms with E-state index >= 15 is 0 Å². The minimum atomic E-state index is -0.818. The molecule has 2 nitrogen and oxygen atoms in total. The number of hydrogen-bond acceptors (Lipinski definition) is 1. The first-order valence-electron chi connectivity index (χ1n) is 7.04. The van der Waals surface area contributed by atoms with E-state index in [1.165, 1.54) is 0 Å². The van der Waals surface area contributed by atoms with Crippen LogP contribution < -0.4 is 0 Å². The summed E-state index contributed by atoms with van der Waals surface area (Å²) in [6.45, 7) is 2.16. The molecule has 1 aliphatic rings. The van der Waals surface area contributed by atoms with Gasteiger partial charge in [0.25, 0.3) is 0 Å². The molecule has 1 aromatic heterocycles. The summed E-state index contributed by atoms with van der Waals surface area (Å²) in [7, 11) is 0. The smallest absolute Gasteiger partial charge is 0.184 e. The highest BCUT2D eigenvalue weighted by molar-refractivity contribution is 6.17. The Morgan fingerprint density at radius 3 is 2.80 bits per heavy atom. The molecule has 0 radical (unpaired) electrons. The Labute approximate surface area is 121 Å². The maximum absolute atomic E-state index is 14.2. The quantitative estimate of drug-likeness (QED) is 0.765. The summed E-state index contributed by atoms with van der Waals surface area (Å²) in [5.41, 5.74) is 0.812. The van der Waals surface area contributed by atoms with Crippen molar-refractivity contribution in [3.05, 3.63) is 29.6 Å². The fourth-order valence-corrected chi connectivity index (χ4v) is 3.47. The lowest BCUT2D eigenvalue weighted by molar-refractivity contribution is 0.401. The number of hydrogen-bond donors (Lipinski definition) is 0. The van der Waals surface area contributed by atoms with Gasteiger partial charge in [-0.25, -0.2) is 13.8 Å². The van der Waals surface area contributed by atoms with Gasteiger partial charge in [-0.05, 0) is 30.9 Å². The fourth-order valence-electron chi connectivity index (χ4n) is 3.30. The van der Waals surface area contributed by atoms with E-state index in [1.807, 2.05) is 4.57 Å². The van der Waals surface area contributed by atoms with Gasteiger partial charge in [0, 0.05) is 18.3 Å². The molecular weight excluding hydrogens is 282 g/mol. The average Bonchev–Trinajstić information content (AvgIpc) is 2.98.